The molecule has 2 aromatic carbocycles. The van der Waals surface area contributed by atoms with Crippen molar-refractivity contribution in [3.05, 3.63) is 69.6 Å². The first kappa shape index (κ1) is 20.0. The van der Waals surface area contributed by atoms with Crippen molar-refractivity contribution in [2.24, 2.45) is 7.05 Å². The summed E-state index contributed by atoms with van der Waals surface area (Å²) in [5, 5.41) is 9.68. The number of fused-ring (bicyclic) bond motifs is 2. The number of rotatable bonds is 4. The smallest absolute Gasteiger partial charge is 0.352 e. The molecule has 1 unspecified atom stereocenters. The minimum atomic E-state index is -4.14. The summed E-state index contributed by atoms with van der Waals surface area (Å²) < 4.78 is 56.7. The molecule has 3 aromatic rings. The molecule has 0 saturated heterocycles. The van der Waals surface area contributed by atoms with Gasteiger partial charge in [-0.25, -0.2) is 13.8 Å². The first-order valence-corrected chi connectivity index (χ1v) is 8.88. The molecule has 2 heterocycles. The largest absolute Gasteiger partial charge is 0.382 e. The number of benzene rings is 2. The summed E-state index contributed by atoms with van der Waals surface area (Å²) in [6, 6.07) is 9.95. The fourth-order valence-electron chi connectivity index (χ4n) is 3.64. The van der Waals surface area contributed by atoms with Gasteiger partial charge in [-0.05, 0) is 23.8 Å². The zero-order chi connectivity index (χ0) is 21.8. The van der Waals surface area contributed by atoms with E-state index in [1.807, 2.05) is 0 Å². The fraction of sp³-hybridized carbons (Fsp3) is 0.250. The maximum absolute atomic E-state index is 14.7. The van der Waals surface area contributed by atoms with Gasteiger partial charge in [0.1, 0.15) is 11.8 Å². The molecular weight excluding hydrogens is 406 g/mol. The maximum Gasteiger partial charge on any atom is 0.352 e. The van der Waals surface area contributed by atoms with Gasteiger partial charge in [-0.3, -0.25) is 9.59 Å². The second-order valence-corrected chi connectivity index (χ2v) is 6.90. The number of halogens is 4. The number of hydrogen-bond donors (Lipinski definition) is 1. The van der Waals surface area contributed by atoms with Crippen molar-refractivity contribution in [2.45, 2.75) is 25.0 Å². The summed E-state index contributed by atoms with van der Waals surface area (Å²) in [6.45, 7) is -0.576. The van der Waals surface area contributed by atoms with E-state index in [1.54, 1.807) is 24.3 Å². The van der Waals surface area contributed by atoms with Crippen molar-refractivity contribution >= 4 is 22.6 Å². The molecular formula is C20H15F4N3O3. The number of anilines is 1. The van der Waals surface area contributed by atoms with Gasteiger partial charge in [-0.2, -0.15) is 8.78 Å². The second kappa shape index (κ2) is 6.91. The van der Waals surface area contributed by atoms with E-state index >= 15 is 0 Å². The van der Waals surface area contributed by atoms with Crippen molar-refractivity contribution in [3.8, 4) is 0 Å². The van der Waals surface area contributed by atoms with E-state index in [1.165, 1.54) is 17.7 Å². The molecule has 30 heavy (non-hydrogen) atoms. The first-order chi connectivity index (χ1) is 14.1. The lowest BCUT2D eigenvalue weighted by Crippen LogP contribution is -2.37. The third-order valence-electron chi connectivity index (χ3n) is 5.11. The van der Waals surface area contributed by atoms with E-state index in [2.05, 4.69) is 4.98 Å². The van der Waals surface area contributed by atoms with Crippen LogP contribution in [-0.4, -0.2) is 27.0 Å². The van der Waals surface area contributed by atoms with Crippen molar-refractivity contribution in [2.75, 3.05) is 4.90 Å². The van der Waals surface area contributed by atoms with Crippen LogP contribution in [0.1, 0.15) is 22.9 Å². The van der Waals surface area contributed by atoms with Crippen molar-refractivity contribution in [1.29, 1.82) is 0 Å². The van der Waals surface area contributed by atoms with Gasteiger partial charge in [0.15, 0.2) is 0 Å². The van der Waals surface area contributed by atoms with Crippen LogP contribution in [-0.2, 0) is 24.3 Å². The summed E-state index contributed by atoms with van der Waals surface area (Å²) in [6.07, 6.45) is -5.80. The molecule has 1 aliphatic heterocycles. The zero-order valence-corrected chi connectivity index (χ0v) is 15.5. The van der Waals surface area contributed by atoms with Gasteiger partial charge < -0.3 is 14.6 Å². The Morgan fingerprint density at radius 1 is 1.10 bits per heavy atom. The molecule has 0 radical (unpaired) electrons. The second-order valence-electron chi connectivity index (χ2n) is 6.90. The molecule has 156 valence electrons. The topological polar surface area (TPSA) is 75.4 Å². The average molecular weight is 421 g/mol. The van der Waals surface area contributed by atoms with Crippen LogP contribution in [0.4, 0.5) is 23.2 Å². The highest BCUT2D eigenvalue weighted by Crippen LogP contribution is 2.48. The number of aromatic nitrogens is 2. The Kier molecular flexibility index (Phi) is 4.61. The molecule has 0 aliphatic carbocycles. The van der Waals surface area contributed by atoms with Crippen molar-refractivity contribution in [3.63, 3.8) is 0 Å². The number of aliphatic hydroxyl groups excluding tert-OH is 1. The van der Waals surface area contributed by atoms with Crippen molar-refractivity contribution < 1.29 is 27.5 Å². The van der Waals surface area contributed by atoms with E-state index in [0.29, 0.717) is 15.9 Å². The summed E-state index contributed by atoms with van der Waals surface area (Å²) in [7, 11) is 1.49. The van der Waals surface area contributed by atoms with Crippen LogP contribution >= 0.6 is 0 Å². The number of para-hydroxylation sites is 2. The van der Waals surface area contributed by atoms with Crippen LogP contribution in [0.2, 0.25) is 0 Å². The Morgan fingerprint density at radius 2 is 1.80 bits per heavy atom. The molecule has 0 saturated carbocycles. The van der Waals surface area contributed by atoms with Gasteiger partial charge in [0.25, 0.3) is 12.0 Å². The molecule has 10 heteroatoms. The summed E-state index contributed by atoms with van der Waals surface area (Å²) in [5.74, 6) is -5.81. The number of hydrogen-bond acceptors (Lipinski definition) is 4. The highest BCUT2D eigenvalue weighted by Gasteiger charge is 2.55. The van der Waals surface area contributed by atoms with Crippen LogP contribution in [0.25, 0.3) is 11.0 Å². The zero-order valence-electron chi connectivity index (χ0n) is 15.5. The predicted octanol–water partition coefficient (Wildman–Crippen LogP) is 2.87. The molecule has 6 nitrogen and oxygen atoms in total. The third-order valence-corrected chi connectivity index (χ3v) is 5.11. The van der Waals surface area contributed by atoms with Gasteiger partial charge >= 0.3 is 11.8 Å². The lowest BCUT2D eigenvalue weighted by atomic mass is 9.98. The Hall–Kier alpha value is -3.27. The van der Waals surface area contributed by atoms with Gasteiger partial charge in [0, 0.05) is 7.05 Å². The predicted molar refractivity (Wildman–Crippen MR) is 99.5 cm³/mol. The minimum absolute atomic E-state index is 0.159. The molecule has 0 fully saturated rings. The maximum atomic E-state index is 14.7. The normalized spacial score (nSPS) is 16.4. The summed E-state index contributed by atoms with van der Waals surface area (Å²) in [4.78, 5) is 29.9. The number of nitrogens with zero attached hydrogens (tertiary/aromatic N) is 3. The third kappa shape index (κ3) is 2.86. The van der Waals surface area contributed by atoms with Crippen LogP contribution in [0, 0.1) is 0 Å². The number of aryl methyl sites for hydroxylation is 1. The van der Waals surface area contributed by atoms with E-state index in [-0.39, 0.29) is 11.4 Å². The van der Waals surface area contributed by atoms with E-state index in [4.69, 9.17) is 0 Å². The lowest BCUT2D eigenvalue weighted by Gasteiger charge is -2.18. The number of carbonyl (C=O) groups is 1. The van der Waals surface area contributed by atoms with E-state index in [9.17, 15) is 32.3 Å². The molecule has 1 amide bonds. The Labute approximate surface area is 167 Å². The van der Waals surface area contributed by atoms with Crippen LogP contribution < -0.4 is 10.5 Å². The SMILES string of the molecule is Cn1c(=O)c(CN2C(=O)C(F)(F)c3c(C(O)C(F)F)cccc32)nc2ccccc21. The van der Waals surface area contributed by atoms with Gasteiger partial charge in [-0.15, -0.1) is 0 Å². The molecule has 0 bridgehead atoms. The molecule has 1 atom stereocenters. The number of aliphatic hydroxyl groups is 1. The molecule has 4 rings (SSSR count). The lowest BCUT2D eigenvalue weighted by molar-refractivity contribution is -0.142. The number of alkyl halides is 4. The van der Waals surface area contributed by atoms with Crippen molar-refractivity contribution in [1.82, 2.24) is 9.55 Å². The Bertz CT molecular complexity index is 1230. The molecule has 1 aliphatic rings. The Morgan fingerprint density at radius 3 is 2.50 bits per heavy atom. The van der Waals surface area contributed by atoms with Gasteiger partial charge in [0.05, 0.1) is 28.8 Å². The van der Waals surface area contributed by atoms with E-state index < -0.39 is 47.6 Å². The number of carbonyl (C=O) groups excluding carboxylic acids is 1. The highest BCUT2D eigenvalue weighted by atomic mass is 19.3. The van der Waals surface area contributed by atoms with E-state index in [0.717, 1.165) is 12.1 Å². The highest BCUT2D eigenvalue weighted by molar-refractivity contribution is 6.06. The first-order valence-electron chi connectivity index (χ1n) is 8.88. The van der Waals surface area contributed by atoms with Gasteiger partial charge in [0.2, 0.25) is 0 Å². The van der Waals surface area contributed by atoms with Gasteiger partial charge in [-0.1, -0.05) is 24.3 Å². The Balaban J connectivity index is 1.85. The minimum Gasteiger partial charge on any atom is -0.382 e. The monoisotopic (exact) mass is 421 g/mol. The summed E-state index contributed by atoms with van der Waals surface area (Å²) in [5.41, 5.74) is -1.86. The molecule has 1 aromatic heterocycles. The van der Waals surface area contributed by atoms with Crippen LogP contribution in [0.3, 0.4) is 0 Å². The fourth-order valence-corrected chi connectivity index (χ4v) is 3.64. The quantitative estimate of drug-likeness (QED) is 0.658. The molecule has 0 spiro atoms. The molecule has 1 N–H and O–H groups in total. The summed E-state index contributed by atoms with van der Waals surface area (Å²) >= 11 is 0. The standard InChI is InChI=1S/C20H15F4N3O3/c1-26-13-7-3-2-6-11(13)25-12(18(26)29)9-27-14-8-4-5-10(16(28)17(21)22)15(14)20(23,24)19(27)30/h2-8,16-17,28H,9H2,1H3. The number of amides is 1. The average Bonchev–Trinajstić information content (AvgIpc) is 2.92. The van der Waals surface area contributed by atoms with Crippen LogP contribution in [0.15, 0.2) is 47.3 Å². The van der Waals surface area contributed by atoms with Crippen LogP contribution in [0.5, 0.6) is 0 Å².